The highest BCUT2D eigenvalue weighted by Gasteiger charge is 2.13. The smallest absolute Gasteiger partial charge is 0.339 e. The van der Waals surface area contributed by atoms with Crippen molar-refractivity contribution < 1.29 is 9.53 Å². The molecule has 1 aromatic heterocycles. The Hall–Kier alpha value is -1.58. The molecular weight excluding hydrogens is 252 g/mol. The van der Waals surface area contributed by atoms with Crippen molar-refractivity contribution >= 4 is 11.8 Å². The van der Waals surface area contributed by atoms with Crippen molar-refractivity contribution in [2.75, 3.05) is 24.6 Å². The zero-order valence-corrected chi connectivity index (χ0v) is 13.2. The molecule has 0 saturated heterocycles. The summed E-state index contributed by atoms with van der Waals surface area (Å²) in [7, 11) is 0. The van der Waals surface area contributed by atoms with Crippen molar-refractivity contribution in [3.63, 3.8) is 0 Å². The largest absolute Gasteiger partial charge is 0.462 e. The van der Waals surface area contributed by atoms with Gasteiger partial charge in [0, 0.05) is 19.3 Å². The van der Waals surface area contributed by atoms with Gasteiger partial charge in [0.2, 0.25) is 0 Å². The molecular formula is C16H26N2O2. The molecule has 1 aromatic rings. The summed E-state index contributed by atoms with van der Waals surface area (Å²) in [5.74, 6) is 1.74. The van der Waals surface area contributed by atoms with Gasteiger partial charge in [-0.1, -0.05) is 27.7 Å². The Labute approximate surface area is 122 Å². The van der Waals surface area contributed by atoms with Crippen LogP contribution in [0.5, 0.6) is 0 Å². The van der Waals surface area contributed by atoms with Crippen molar-refractivity contribution in [2.45, 2.75) is 34.6 Å². The van der Waals surface area contributed by atoms with E-state index in [1.54, 1.807) is 19.2 Å². The van der Waals surface area contributed by atoms with Crippen LogP contribution in [-0.4, -0.2) is 30.6 Å². The molecule has 0 aromatic carbocycles. The molecule has 1 rings (SSSR count). The molecule has 4 nitrogen and oxygen atoms in total. The van der Waals surface area contributed by atoms with Gasteiger partial charge in [-0.05, 0) is 30.9 Å². The van der Waals surface area contributed by atoms with Crippen molar-refractivity contribution in [2.24, 2.45) is 11.8 Å². The first-order valence-electron chi connectivity index (χ1n) is 7.32. The number of ether oxygens (including phenoxy) is 1. The Kier molecular flexibility index (Phi) is 6.49. The second-order valence-corrected chi connectivity index (χ2v) is 5.82. The Morgan fingerprint density at radius 2 is 1.80 bits per heavy atom. The van der Waals surface area contributed by atoms with Gasteiger partial charge < -0.3 is 9.64 Å². The van der Waals surface area contributed by atoms with Gasteiger partial charge >= 0.3 is 5.97 Å². The topological polar surface area (TPSA) is 42.4 Å². The SMILES string of the molecule is CCOC(=O)c1ccc(N(CC(C)C)CC(C)C)nc1. The maximum absolute atomic E-state index is 11.6. The number of hydrogen-bond acceptors (Lipinski definition) is 4. The Morgan fingerprint density at radius 1 is 1.20 bits per heavy atom. The average Bonchev–Trinajstić information content (AvgIpc) is 2.37. The van der Waals surface area contributed by atoms with Crippen LogP contribution < -0.4 is 4.90 Å². The van der Waals surface area contributed by atoms with E-state index in [0.717, 1.165) is 18.9 Å². The van der Waals surface area contributed by atoms with Crippen LogP contribution in [0.15, 0.2) is 18.3 Å². The van der Waals surface area contributed by atoms with E-state index in [2.05, 4.69) is 37.6 Å². The molecule has 0 N–H and O–H groups in total. The number of aromatic nitrogens is 1. The van der Waals surface area contributed by atoms with Gasteiger partial charge in [-0.3, -0.25) is 0 Å². The highest BCUT2D eigenvalue weighted by atomic mass is 16.5. The second kappa shape index (κ2) is 7.88. The molecule has 0 fully saturated rings. The molecule has 0 aliphatic rings. The lowest BCUT2D eigenvalue weighted by atomic mass is 10.1. The molecule has 0 atom stereocenters. The van der Waals surface area contributed by atoms with Crippen LogP contribution in [-0.2, 0) is 4.74 Å². The number of nitrogens with zero attached hydrogens (tertiary/aromatic N) is 2. The highest BCUT2D eigenvalue weighted by molar-refractivity contribution is 5.89. The summed E-state index contributed by atoms with van der Waals surface area (Å²) in [6.07, 6.45) is 1.60. The minimum atomic E-state index is -0.314. The van der Waals surface area contributed by atoms with Crippen LogP contribution in [0.3, 0.4) is 0 Å². The Balaban J connectivity index is 2.84. The fourth-order valence-corrected chi connectivity index (χ4v) is 2.05. The molecule has 0 saturated carbocycles. The van der Waals surface area contributed by atoms with E-state index in [-0.39, 0.29) is 5.97 Å². The molecule has 112 valence electrons. The maximum atomic E-state index is 11.6. The van der Waals surface area contributed by atoms with Gasteiger partial charge in [0.15, 0.2) is 0 Å². The van der Waals surface area contributed by atoms with Gasteiger partial charge in [0.05, 0.1) is 12.2 Å². The molecule has 20 heavy (non-hydrogen) atoms. The average molecular weight is 278 g/mol. The number of carbonyl (C=O) groups is 1. The van der Waals surface area contributed by atoms with Gasteiger partial charge in [0.25, 0.3) is 0 Å². The standard InChI is InChI=1S/C16H26N2O2/c1-6-20-16(19)14-7-8-15(17-9-14)18(10-12(2)3)11-13(4)5/h7-9,12-13H,6,10-11H2,1-5H3. The number of pyridine rings is 1. The molecule has 1 heterocycles. The first kappa shape index (κ1) is 16.5. The fraction of sp³-hybridized carbons (Fsp3) is 0.625. The summed E-state index contributed by atoms with van der Waals surface area (Å²) in [6.45, 7) is 12.9. The summed E-state index contributed by atoms with van der Waals surface area (Å²) in [6, 6.07) is 3.69. The first-order valence-corrected chi connectivity index (χ1v) is 7.32. The lowest BCUT2D eigenvalue weighted by molar-refractivity contribution is 0.0526. The number of esters is 1. The first-order chi connectivity index (χ1) is 9.43. The molecule has 0 unspecified atom stereocenters. The van der Waals surface area contributed by atoms with Crippen molar-refractivity contribution in [1.29, 1.82) is 0 Å². The van der Waals surface area contributed by atoms with E-state index in [1.165, 1.54) is 0 Å². The third kappa shape index (κ3) is 5.19. The summed E-state index contributed by atoms with van der Waals surface area (Å²) < 4.78 is 4.96. The number of hydrogen-bond donors (Lipinski definition) is 0. The normalized spacial score (nSPS) is 10.9. The Bertz CT molecular complexity index is 403. The summed E-state index contributed by atoms with van der Waals surface area (Å²) in [4.78, 5) is 18.3. The second-order valence-electron chi connectivity index (χ2n) is 5.82. The van der Waals surface area contributed by atoms with E-state index in [0.29, 0.717) is 24.0 Å². The molecule has 0 spiro atoms. The van der Waals surface area contributed by atoms with E-state index >= 15 is 0 Å². The van der Waals surface area contributed by atoms with E-state index < -0.39 is 0 Å². The number of carbonyl (C=O) groups excluding carboxylic acids is 1. The third-order valence-corrected chi connectivity index (χ3v) is 2.75. The predicted octanol–water partition coefficient (Wildman–Crippen LogP) is 3.38. The maximum Gasteiger partial charge on any atom is 0.339 e. The lowest BCUT2D eigenvalue weighted by Gasteiger charge is -2.27. The van der Waals surface area contributed by atoms with Crippen molar-refractivity contribution in [3.05, 3.63) is 23.9 Å². The van der Waals surface area contributed by atoms with Crippen LogP contribution in [0, 0.1) is 11.8 Å². The molecule has 0 aliphatic carbocycles. The summed E-state index contributed by atoms with van der Waals surface area (Å²) >= 11 is 0. The summed E-state index contributed by atoms with van der Waals surface area (Å²) in [5, 5.41) is 0. The number of anilines is 1. The molecule has 4 heteroatoms. The van der Waals surface area contributed by atoms with Gasteiger partial charge in [-0.15, -0.1) is 0 Å². The fourth-order valence-electron chi connectivity index (χ4n) is 2.05. The van der Waals surface area contributed by atoms with Crippen LogP contribution >= 0.6 is 0 Å². The van der Waals surface area contributed by atoms with Crippen molar-refractivity contribution in [3.8, 4) is 0 Å². The van der Waals surface area contributed by atoms with Crippen LogP contribution in [0.25, 0.3) is 0 Å². The van der Waals surface area contributed by atoms with Gasteiger partial charge in [0.1, 0.15) is 5.82 Å². The molecule has 0 aliphatic heterocycles. The van der Waals surface area contributed by atoms with E-state index in [4.69, 9.17) is 4.74 Å². The summed E-state index contributed by atoms with van der Waals surface area (Å²) in [5.41, 5.74) is 0.504. The highest BCUT2D eigenvalue weighted by Crippen LogP contribution is 2.15. The molecule has 0 amide bonds. The number of rotatable bonds is 7. The van der Waals surface area contributed by atoms with E-state index in [1.807, 2.05) is 6.07 Å². The van der Waals surface area contributed by atoms with E-state index in [9.17, 15) is 4.79 Å². The Morgan fingerprint density at radius 3 is 2.20 bits per heavy atom. The van der Waals surface area contributed by atoms with Crippen LogP contribution in [0.2, 0.25) is 0 Å². The van der Waals surface area contributed by atoms with Gasteiger partial charge in [-0.25, -0.2) is 9.78 Å². The predicted molar refractivity (Wildman–Crippen MR) is 82.1 cm³/mol. The third-order valence-electron chi connectivity index (χ3n) is 2.75. The quantitative estimate of drug-likeness (QED) is 0.717. The zero-order chi connectivity index (χ0) is 15.1. The van der Waals surface area contributed by atoms with Crippen LogP contribution in [0.4, 0.5) is 5.82 Å². The van der Waals surface area contributed by atoms with Crippen molar-refractivity contribution in [1.82, 2.24) is 4.98 Å². The van der Waals surface area contributed by atoms with Crippen LogP contribution in [0.1, 0.15) is 45.0 Å². The molecule has 0 radical (unpaired) electrons. The van der Waals surface area contributed by atoms with Gasteiger partial charge in [-0.2, -0.15) is 0 Å². The minimum Gasteiger partial charge on any atom is -0.462 e. The zero-order valence-electron chi connectivity index (χ0n) is 13.2. The lowest BCUT2D eigenvalue weighted by Crippen LogP contribution is -2.32. The monoisotopic (exact) mass is 278 g/mol. The molecule has 0 bridgehead atoms. The minimum absolute atomic E-state index is 0.314.